The summed E-state index contributed by atoms with van der Waals surface area (Å²) in [6.07, 6.45) is 0. The van der Waals surface area contributed by atoms with Crippen LogP contribution in [0.1, 0.15) is 58.2 Å². The third-order valence-corrected chi connectivity index (χ3v) is 3.39. The van der Waals surface area contributed by atoms with E-state index in [1.807, 2.05) is 0 Å². The van der Waals surface area contributed by atoms with Crippen LogP contribution < -0.4 is 16.0 Å². The Kier molecular flexibility index (Phi) is 7.94. The van der Waals surface area contributed by atoms with Crippen LogP contribution in [0.2, 0.25) is 0 Å². The molecule has 0 radical (unpaired) electrons. The minimum Gasteiger partial charge on any atom is -0.310 e. The van der Waals surface area contributed by atoms with Gasteiger partial charge in [-0.25, -0.2) is 0 Å². The van der Waals surface area contributed by atoms with Crippen LogP contribution in [0.15, 0.2) is 18.2 Å². The molecule has 0 aliphatic heterocycles. The molecule has 0 saturated heterocycles. The van der Waals surface area contributed by atoms with E-state index in [0.717, 1.165) is 19.6 Å². The molecule has 0 saturated carbocycles. The fraction of sp³-hybridized carbons (Fsp3) is 0.667. The monoisotopic (exact) mass is 291 g/mol. The van der Waals surface area contributed by atoms with E-state index in [0.29, 0.717) is 18.1 Å². The topological polar surface area (TPSA) is 36.1 Å². The highest BCUT2D eigenvalue weighted by atomic mass is 14.9. The van der Waals surface area contributed by atoms with Gasteiger partial charge >= 0.3 is 0 Å². The summed E-state index contributed by atoms with van der Waals surface area (Å²) in [5.74, 6) is 0. The Balaban J connectivity index is 2.79. The predicted molar refractivity (Wildman–Crippen MR) is 92.4 cm³/mol. The Morgan fingerprint density at radius 2 is 1.14 bits per heavy atom. The van der Waals surface area contributed by atoms with Crippen molar-refractivity contribution in [3.8, 4) is 0 Å². The second-order valence-corrected chi connectivity index (χ2v) is 6.71. The molecule has 0 atom stereocenters. The van der Waals surface area contributed by atoms with Crippen LogP contribution in [0, 0.1) is 0 Å². The lowest BCUT2D eigenvalue weighted by Gasteiger charge is -2.17. The van der Waals surface area contributed by atoms with Crippen molar-refractivity contribution < 1.29 is 0 Å². The number of hydrogen-bond donors (Lipinski definition) is 3. The van der Waals surface area contributed by atoms with Crippen LogP contribution in [0.5, 0.6) is 0 Å². The molecule has 0 unspecified atom stereocenters. The zero-order valence-corrected chi connectivity index (χ0v) is 14.6. The van der Waals surface area contributed by atoms with Crippen molar-refractivity contribution in [2.24, 2.45) is 0 Å². The van der Waals surface area contributed by atoms with Gasteiger partial charge in [-0.1, -0.05) is 59.7 Å². The zero-order valence-electron chi connectivity index (χ0n) is 14.6. The van der Waals surface area contributed by atoms with Gasteiger partial charge in [-0.3, -0.25) is 0 Å². The van der Waals surface area contributed by atoms with Crippen molar-refractivity contribution in [2.45, 2.75) is 79.3 Å². The van der Waals surface area contributed by atoms with Gasteiger partial charge in [0.2, 0.25) is 0 Å². The molecule has 3 N–H and O–H groups in total. The molecule has 0 amide bonds. The van der Waals surface area contributed by atoms with E-state index >= 15 is 0 Å². The number of rotatable bonds is 9. The molecule has 0 aliphatic rings. The molecule has 0 bridgehead atoms. The average molecular weight is 291 g/mol. The Bertz CT molecular complexity index is 411. The van der Waals surface area contributed by atoms with Crippen molar-refractivity contribution in [2.75, 3.05) is 0 Å². The maximum Gasteiger partial charge on any atom is 0.0211 e. The van der Waals surface area contributed by atoms with Gasteiger partial charge < -0.3 is 16.0 Å². The molecule has 120 valence electrons. The first-order valence-electron chi connectivity index (χ1n) is 8.19. The van der Waals surface area contributed by atoms with Crippen molar-refractivity contribution in [3.63, 3.8) is 0 Å². The number of nitrogens with one attached hydrogen (secondary N) is 3. The quantitative estimate of drug-likeness (QED) is 0.654. The maximum atomic E-state index is 3.53. The first-order valence-corrected chi connectivity index (χ1v) is 8.19. The van der Waals surface area contributed by atoms with Crippen molar-refractivity contribution in [1.29, 1.82) is 0 Å². The van der Waals surface area contributed by atoms with E-state index < -0.39 is 0 Å². The molecule has 0 aliphatic carbocycles. The first kappa shape index (κ1) is 18.1. The summed E-state index contributed by atoms with van der Waals surface area (Å²) in [4.78, 5) is 0. The van der Waals surface area contributed by atoms with Crippen molar-refractivity contribution >= 4 is 0 Å². The minimum atomic E-state index is 0.508. The standard InChI is InChI=1S/C18H33N3/c1-13(2)19-10-16-7-8-17(11-20-14(3)4)18(9-16)12-21-15(5)6/h7-9,13-15,19-21H,10-12H2,1-6H3. The molecule has 1 rings (SSSR count). The number of hydrogen-bond acceptors (Lipinski definition) is 3. The van der Waals surface area contributed by atoms with Crippen LogP contribution >= 0.6 is 0 Å². The summed E-state index contributed by atoms with van der Waals surface area (Å²) in [5, 5.41) is 10.5. The molecule has 3 heteroatoms. The summed E-state index contributed by atoms with van der Waals surface area (Å²) in [7, 11) is 0. The predicted octanol–water partition coefficient (Wildman–Crippen LogP) is 3.18. The van der Waals surface area contributed by atoms with Crippen molar-refractivity contribution in [3.05, 3.63) is 34.9 Å². The van der Waals surface area contributed by atoms with Gasteiger partial charge in [0.15, 0.2) is 0 Å². The van der Waals surface area contributed by atoms with Gasteiger partial charge in [-0.2, -0.15) is 0 Å². The highest BCUT2D eigenvalue weighted by Gasteiger charge is 2.06. The molecule has 1 aromatic rings. The van der Waals surface area contributed by atoms with Gasteiger partial charge in [-0.15, -0.1) is 0 Å². The SMILES string of the molecule is CC(C)NCc1ccc(CNC(C)C)c(CNC(C)C)c1. The molecule has 0 aromatic heterocycles. The maximum absolute atomic E-state index is 3.53. The van der Waals surface area contributed by atoms with Crippen molar-refractivity contribution in [1.82, 2.24) is 16.0 Å². The fourth-order valence-electron chi connectivity index (χ4n) is 2.08. The Hall–Kier alpha value is -0.900. The molecular formula is C18H33N3. The molecule has 3 nitrogen and oxygen atoms in total. The summed E-state index contributed by atoms with van der Waals surface area (Å²) in [5.41, 5.74) is 4.16. The second-order valence-electron chi connectivity index (χ2n) is 6.71. The first-order chi connectivity index (χ1) is 9.88. The van der Waals surface area contributed by atoms with Gasteiger partial charge in [0.1, 0.15) is 0 Å². The summed E-state index contributed by atoms with van der Waals surface area (Å²) in [6.45, 7) is 15.9. The Morgan fingerprint density at radius 3 is 1.67 bits per heavy atom. The lowest BCUT2D eigenvalue weighted by molar-refractivity contribution is 0.564. The van der Waals surface area contributed by atoms with Crippen LogP contribution in [-0.2, 0) is 19.6 Å². The second kappa shape index (κ2) is 9.19. The largest absolute Gasteiger partial charge is 0.310 e. The third-order valence-electron chi connectivity index (χ3n) is 3.39. The van der Waals surface area contributed by atoms with Gasteiger partial charge in [0.05, 0.1) is 0 Å². The summed E-state index contributed by atoms with van der Waals surface area (Å²) < 4.78 is 0. The number of benzene rings is 1. The van der Waals surface area contributed by atoms with Crippen LogP contribution in [-0.4, -0.2) is 18.1 Å². The normalized spacial score (nSPS) is 11.9. The minimum absolute atomic E-state index is 0.508. The average Bonchev–Trinajstić information content (AvgIpc) is 2.41. The molecule has 0 heterocycles. The van der Waals surface area contributed by atoms with Gasteiger partial charge in [0, 0.05) is 37.8 Å². The van der Waals surface area contributed by atoms with E-state index in [2.05, 4.69) is 75.7 Å². The molecule has 1 aromatic carbocycles. The van der Waals surface area contributed by atoms with Gasteiger partial charge in [0.25, 0.3) is 0 Å². The summed E-state index contributed by atoms with van der Waals surface area (Å²) >= 11 is 0. The Labute approximate surface area is 130 Å². The van der Waals surface area contributed by atoms with Crippen LogP contribution in [0.4, 0.5) is 0 Å². The molecule has 21 heavy (non-hydrogen) atoms. The summed E-state index contributed by atoms with van der Waals surface area (Å²) in [6, 6.07) is 8.38. The lowest BCUT2D eigenvalue weighted by Crippen LogP contribution is -2.26. The highest BCUT2D eigenvalue weighted by molar-refractivity contribution is 5.32. The van der Waals surface area contributed by atoms with E-state index in [4.69, 9.17) is 0 Å². The fourth-order valence-corrected chi connectivity index (χ4v) is 2.08. The molecule has 0 spiro atoms. The molecule has 0 fully saturated rings. The van der Waals surface area contributed by atoms with E-state index in [1.165, 1.54) is 16.7 Å². The van der Waals surface area contributed by atoms with E-state index in [1.54, 1.807) is 0 Å². The van der Waals surface area contributed by atoms with E-state index in [9.17, 15) is 0 Å². The smallest absolute Gasteiger partial charge is 0.0211 e. The lowest BCUT2D eigenvalue weighted by atomic mass is 10.0. The third kappa shape index (κ3) is 7.60. The van der Waals surface area contributed by atoms with Crippen LogP contribution in [0.25, 0.3) is 0 Å². The van der Waals surface area contributed by atoms with Gasteiger partial charge in [-0.05, 0) is 16.7 Å². The molecular weight excluding hydrogens is 258 g/mol. The highest BCUT2D eigenvalue weighted by Crippen LogP contribution is 2.13. The zero-order chi connectivity index (χ0) is 15.8. The van der Waals surface area contributed by atoms with E-state index in [-0.39, 0.29) is 0 Å². The van der Waals surface area contributed by atoms with Crippen LogP contribution in [0.3, 0.4) is 0 Å². The Morgan fingerprint density at radius 1 is 0.667 bits per heavy atom.